The van der Waals surface area contributed by atoms with E-state index in [1.165, 1.54) is 13.0 Å². The summed E-state index contributed by atoms with van der Waals surface area (Å²) >= 11 is 0. The van der Waals surface area contributed by atoms with Crippen LogP contribution in [0.1, 0.15) is 46.3 Å². The first-order valence-corrected chi connectivity index (χ1v) is 21.5. The molecular formula is C43H32F8N2O9S2. The minimum absolute atomic E-state index is 0.0693. The van der Waals surface area contributed by atoms with Crippen LogP contribution < -0.4 is 14.8 Å². The van der Waals surface area contributed by atoms with Crippen LogP contribution in [0.25, 0.3) is 6.08 Å². The van der Waals surface area contributed by atoms with Crippen molar-refractivity contribution in [1.82, 2.24) is 5.32 Å². The maximum atomic E-state index is 14.6. The van der Waals surface area contributed by atoms with Crippen LogP contribution in [0.4, 0.5) is 35.1 Å². The molecule has 1 aliphatic carbocycles. The lowest BCUT2D eigenvalue weighted by atomic mass is 10.1. The van der Waals surface area contributed by atoms with Crippen molar-refractivity contribution >= 4 is 37.6 Å². The van der Waals surface area contributed by atoms with Crippen LogP contribution in [0, 0.1) is 35.7 Å². The van der Waals surface area contributed by atoms with Crippen LogP contribution in [-0.4, -0.2) is 46.4 Å². The van der Waals surface area contributed by atoms with Gasteiger partial charge in [-0.05, 0) is 55.0 Å². The van der Waals surface area contributed by atoms with E-state index < -0.39 is 83.4 Å². The lowest BCUT2D eigenvalue weighted by Gasteiger charge is -2.22. The Morgan fingerprint density at radius 3 is 1.98 bits per heavy atom. The molecule has 1 amide bonds. The summed E-state index contributed by atoms with van der Waals surface area (Å²) < 4.78 is 174. The van der Waals surface area contributed by atoms with E-state index in [0.717, 1.165) is 67.8 Å². The number of alkyl halides is 5. The third-order valence-electron chi connectivity index (χ3n) is 9.07. The lowest BCUT2D eigenvalue weighted by Crippen LogP contribution is -2.37. The number of nitriles is 1. The zero-order valence-electron chi connectivity index (χ0n) is 33.3. The Morgan fingerprint density at radius 2 is 1.41 bits per heavy atom. The van der Waals surface area contributed by atoms with Gasteiger partial charge in [0.25, 0.3) is 15.8 Å². The molecule has 5 aromatic carbocycles. The van der Waals surface area contributed by atoms with Gasteiger partial charge in [-0.1, -0.05) is 30.3 Å². The number of nitrogens with zero attached hydrogens (tertiary/aromatic N) is 1. The second-order valence-corrected chi connectivity index (χ2v) is 17.8. The van der Waals surface area contributed by atoms with Gasteiger partial charge in [0.05, 0.1) is 21.4 Å². The Hall–Kier alpha value is -6.79. The summed E-state index contributed by atoms with van der Waals surface area (Å²) in [5, 5.41) is 11.1. The van der Waals surface area contributed by atoms with Crippen molar-refractivity contribution in [3.63, 3.8) is 0 Å². The molecule has 0 spiro atoms. The van der Waals surface area contributed by atoms with Gasteiger partial charge in [0.1, 0.15) is 53.1 Å². The molecular weight excluding hydrogens is 905 g/mol. The largest absolute Gasteiger partial charge is 0.501 e. The Kier molecular flexibility index (Phi) is 14.2. The van der Waals surface area contributed by atoms with Crippen molar-refractivity contribution in [3.8, 4) is 29.1 Å². The molecule has 1 aliphatic rings. The third kappa shape index (κ3) is 11.4. The minimum atomic E-state index is -5.80. The van der Waals surface area contributed by atoms with E-state index in [0.29, 0.717) is 17.7 Å². The van der Waals surface area contributed by atoms with Crippen molar-refractivity contribution in [1.29, 1.82) is 5.26 Å². The molecule has 0 heterocycles. The summed E-state index contributed by atoms with van der Waals surface area (Å²) in [6.45, 7) is 2.19. The molecule has 0 radical (unpaired) electrons. The van der Waals surface area contributed by atoms with Gasteiger partial charge in [-0.25, -0.2) is 43.6 Å². The number of halogens is 8. The van der Waals surface area contributed by atoms with Crippen molar-refractivity contribution in [2.45, 2.75) is 54.1 Å². The Balaban J connectivity index is 0.000000248. The molecule has 0 aromatic heterocycles. The van der Waals surface area contributed by atoms with E-state index in [4.69, 9.17) is 19.5 Å². The summed E-state index contributed by atoms with van der Waals surface area (Å²) in [5.41, 5.74) is -6.03. The second-order valence-electron chi connectivity index (χ2n) is 13.9. The first-order chi connectivity index (χ1) is 29.8. The topological polar surface area (TPSA) is 166 Å². The highest BCUT2D eigenvalue weighted by Gasteiger charge is 2.52. The zero-order valence-corrected chi connectivity index (χ0v) is 34.9. The standard InChI is InChI=1S/C25H17F4NO5S.C18H15F4NO4S/c1-16-21(7-10-24(31)34-15-17-5-3-2-4-6-17)23(36(32,33)25(27,28)29)9-8-22(16)35-20-12-18(14-30)11-19(26)13-20;1-9(24)23-17-16-13(8-18(17,21)22)14(3-4-15(16)28(2,25)26)27-12-6-10(19)5-11(20)7-12/h2-13H,15H2,1H3;3-7,17H,8H2,1-2H3,(H,23,24)/b10-7+;. The number of ether oxygens (including phenoxy) is 3. The van der Waals surface area contributed by atoms with E-state index in [9.17, 15) is 61.5 Å². The molecule has 0 aliphatic heterocycles. The highest BCUT2D eigenvalue weighted by Crippen LogP contribution is 2.50. The second kappa shape index (κ2) is 18.9. The van der Waals surface area contributed by atoms with Gasteiger partial charge >= 0.3 is 11.5 Å². The molecule has 21 heteroatoms. The number of benzene rings is 5. The number of amides is 1. The molecule has 336 valence electrons. The average molecular weight is 937 g/mol. The van der Waals surface area contributed by atoms with Gasteiger partial charge in [0, 0.05) is 72.2 Å². The SMILES string of the molecule is CC(=O)NC1c2c(S(C)(=O)=O)ccc(Oc3cc(F)cc(F)c3)c2CC1(F)F.Cc1c(Oc2cc(F)cc(C#N)c2)ccc(S(=O)(=O)C(F)(F)F)c1/C=C/C(=O)OCc1ccccc1. The number of sulfone groups is 2. The molecule has 1 atom stereocenters. The van der Waals surface area contributed by atoms with E-state index in [1.807, 2.05) is 0 Å². The highest BCUT2D eigenvalue weighted by atomic mass is 32.2. The summed E-state index contributed by atoms with van der Waals surface area (Å²) in [6, 6.07) is 17.7. The van der Waals surface area contributed by atoms with Gasteiger partial charge in [-0.2, -0.15) is 18.4 Å². The smallest absolute Gasteiger partial charge is 0.458 e. The van der Waals surface area contributed by atoms with Gasteiger partial charge in [0.15, 0.2) is 9.84 Å². The van der Waals surface area contributed by atoms with Crippen LogP contribution >= 0.6 is 0 Å². The van der Waals surface area contributed by atoms with E-state index in [1.54, 1.807) is 36.4 Å². The first kappa shape index (κ1) is 48.2. The predicted molar refractivity (Wildman–Crippen MR) is 212 cm³/mol. The van der Waals surface area contributed by atoms with E-state index >= 15 is 0 Å². The van der Waals surface area contributed by atoms with Crippen LogP contribution in [0.2, 0.25) is 0 Å². The monoisotopic (exact) mass is 936 g/mol. The third-order valence-corrected chi connectivity index (χ3v) is 11.8. The summed E-state index contributed by atoms with van der Waals surface area (Å²) in [6.07, 6.45) is 1.61. The molecule has 11 nitrogen and oxygen atoms in total. The number of fused-ring (bicyclic) bond motifs is 1. The fourth-order valence-corrected chi connectivity index (χ4v) is 8.25. The number of carbonyl (C=O) groups excluding carboxylic acids is 2. The number of carbonyl (C=O) groups is 2. The van der Waals surface area contributed by atoms with Crippen LogP contribution in [0.3, 0.4) is 0 Å². The molecule has 1 unspecified atom stereocenters. The molecule has 6 rings (SSSR count). The van der Waals surface area contributed by atoms with Crippen molar-refractivity contribution < 1.29 is 75.8 Å². The Labute approximate surface area is 360 Å². The molecule has 0 saturated carbocycles. The molecule has 0 bridgehead atoms. The predicted octanol–water partition coefficient (Wildman–Crippen LogP) is 9.38. The zero-order chi connectivity index (χ0) is 47.4. The number of rotatable bonds is 11. The summed E-state index contributed by atoms with van der Waals surface area (Å²) in [5.74, 6) is -8.56. The van der Waals surface area contributed by atoms with E-state index in [-0.39, 0.29) is 56.8 Å². The quantitative estimate of drug-likeness (QED) is 0.0766. The number of nitrogens with one attached hydrogen (secondary N) is 1. The highest BCUT2D eigenvalue weighted by molar-refractivity contribution is 7.92. The van der Waals surface area contributed by atoms with Gasteiger partial charge in [-0.3, -0.25) is 4.79 Å². The molecule has 5 aromatic rings. The van der Waals surface area contributed by atoms with Gasteiger partial charge in [0.2, 0.25) is 5.91 Å². The molecule has 0 saturated heterocycles. The van der Waals surface area contributed by atoms with Gasteiger partial charge in [-0.15, -0.1) is 0 Å². The minimum Gasteiger partial charge on any atom is -0.458 e. The van der Waals surface area contributed by atoms with Crippen molar-refractivity contribution in [2.75, 3.05) is 6.26 Å². The number of esters is 1. The average Bonchev–Trinajstić information content (AvgIpc) is 3.45. The first-order valence-electron chi connectivity index (χ1n) is 18.2. The van der Waals surface area contributed by atoms with Crippen molar-refractivity contribution in [3.05, 3.63) is 148 Å². The van der Waals surface area contributed by atoms with Crippen LogP contribution in [0.5, 0.6) is 23.0 Å². The Bertz CT molecular complexity index is 2900. The summed E-state index contributed by atoms with van der Waals surface area (Å²) in [4.78, 5) is 22.1. The summed E-state index contributed by atoms with van der Waals surface area (Å²) in [7, 11) is -9.71. The number of hydrogen-bond acceptors (Lipinski definition) is 10. The van der Waals surface area contributed by atoms with Gasteiger partial charge < -0.3 is 19.5 Å². The molecule has 64 heavy (non-hydrogen) atoms. The van der Waals surface area contributed by atoms with Crippen molar-refractivity contribution in [2.24, 2.45) is 0 Å². The maximum Gasteiger partial charge on any atom is 0.501 e. The molecule has 0 fully saturated rings. The van der Waals surface area contributed by atoms with E-state index in [2.05, 4.69) is 5.32 Å². The Morgan fingerprint density at radius 1 is 0.844 bits per heavy atom. The van der Waals surface area contributed by atoms with Crippen LogP contribution in [-0.2, 0) is 47.0 Å². The molecule has 1 N–H and O–H groups in total. The fraction of sp³-hybridized carbons (Fsp3) is 0.186. The fourth-order valence-electron chi connectivity index (χ4n) is 6.29. The normalized spacial score (nSPS) is 14.4. The number of hydrogen-bond donors (Lipinski definition) is 1. The maximum absolute atomic E-state index is 14.6. The lowest BCUT2D eigenvalue weighted by molar-refractivity contribution is -0.138. The van der Waals surface area contributed by atoms with Crippen LogP contribution in [0.15, 0.2) is 107 Å².